The summed E-state index contributed by atoms with van der Waals surface area (Å²) in [7, 11) is 1.60. The van der Waals surface area contributed by atoms with Gasteiger partial charge in [-0.3, -0.25) is 9.36 Å². The van der Waals surface area contributed by atoms with E-state index in [1.165, 1.54) is 10.6 Å². The average molecular weight is 381 g/mol. The molecule has 0 radical (unpaired) electrons. The molecule has 0 atom stereocenters. The highest BCUT2D eigenvalue weighted by Gasteiger charge is 2.17. The first-order chi connectivity index (χ1) is 13.4. The van der Waals surface area contributed by atoms with Gasteiger partial charge in [0, 0.05) is 18.8 Å². The van der Waals surface area contributed by atoms with Crippen LogP contribution in [0.1, 0.15) is 11.5 Å². The molecule has 0 aliphatic rings. The molecular weight excluding hydrogens is 365 g/mol. The van der Waals surface area contributed by atoms with Crippen LogP contribution in [0.4, 0.5) is 10.1 Å². The number of nitrogens with one attached hydrogen (secondary N) is 1. The standard InChI is InChI=1S/C20H16FN3O4/c1-11-15(23-19(27-11)13-5-3-4-6-14(13)21)10-18(25)22-12-7-8-16-17(9-12)28-20(26)24(16)2/h3-9H,10H2,1-2H3,(H,22,25). The number of rotatable bonds is 4. The minimum Gasteiger partial charge on any atom is -0.441 e. The van der Waals surface area contributed by atoms with Gasteiger partial charge in [0.2, 0.25) is 11.8 Å². The Morgan fingerprint density at radius 2 is 2.00 bits per heavy atom. The Labute approximate surface area is 158 Å². The van der Waals surface area contributed by atoms with E-state index in [1.54, 1.807) is 50.4 Å². The van der Waals surface area contributed by atoms with Gasteiger partial charge in [-0.15, -0.1) is 0 Å². The summed E-state index contributed by atoms with van der Waals surface area (Å²) in [6.45, 7) is 1.67. The van der Waals surface area contributed by atoms with E-state index in [-0.39, 0.29) is 23.8 Å². The smallest absolute Gasteiger partial charge is 0.419 e. The van der Waals surface area contributed by atoms with Crippen LogP contribution in [0.3, 0.4) is 0 Å². The van der Waals surface area contributed by atoms with E-state index >= 15 is 0 Å². The van der Waals surface area contributed by atoms with E-state index < -0.39 is 11.6 Å². The van der Waals surface area contributed by atoms with Crippen LogP contribution in [-0.2, 0) is 18.3 Å². The summed E-state index contributed by atoms with van der Waals surface area (Å²) >= 11 is 0. The summed E-state index contributed by atoms with van der Waals surface area (Å²) in [5.41, 5.74) is 2.15. The van der Waals surface area contributed by atoms with Gasteiger partial charge in [-0.1, -0.05) is 12.1 Å². The second kappa shape index (κ2) is 6.80. The van der Waals surface area contributed by atoms with Gasteiger partial charge in [-0.2, -0.15) is 0 Å². The highest BCUT2D eigenvalue weighted by atomic mass is 19.1. The normalized spacial score (nSPS) is 11.1. The van der Waals surface area contributed by atoms with E-state index in [2.05, 4.69) is 10.3 Å². The van der Waals surface area contributed by atoms with Crippen LogP contribution in [0.5, 0.6) is 0 Å². The summed E-state index contributed by atoms with van der Waals surface area (Å²) in [5.74, 6) is -0.673. The van der Waals surface area contributed by atoms with Crippen molar-refractivity contribution in [1.29, 1.82) is 0 Å². The summed E-state index contributed by atoms with van der Waals surface area (Å²) in [4.78, 5) is 28.2. The second-order valence-electron chi connectivity index (χ2n) is 6.34. The number of aryl methyl sites for hydroxylation is 2. The molecule has 4 rings (SSSR count). The van der Waals surface area contributed by atoms with Gasteiger partial charge in [0.05, 0.1) is 23.2 Å². The molecule has 0 bridgehead atoms. The Bertz CT molecular complexity index is 1250. The molecule has 7 nitrogen and oxygen atoms in total. The van der Waals surface area contributed by atoms with Crippen LogP contribution in [0.25, 0.3) is 22.6 Å². The molecule has 2 aromatic heterocycles. The van der Waals surface area contributed by atoms with Gasteiger partial charge >= 0.3 is 5.76 Å². The van der Waals surface area contributed by atoms with E-state index in [0.717, 1.165) is 0 Å². The van der Waals surface area contributed by atoms with Crippen molar-refractivity contribution in [2.45, 2.75) is 13.3 Å². The monoisotopic (exact) mass is 381 g/mol. The lowest BCUT2D eigenvalue weighted by Crippen LogP contribution is -2.15. The Balaban J connectivity index is 1.53. The van der Waals surface area contributed by atoms with E-state index in [9.17, 15) is 14.0 Å². The fraction of sp³-hybridized carbons (Fsp3) is 0.150. The molecule has 8 heteroatoms. The summed E-state index contributed by atoms with van der Waals surface area (Å²) in [6.07, 6.45) is -0.0411. The number of benzene rings is 2. The second-order valence-corrected chi connectivity index (χ2v) is 6.34. The van der Waals surface area contributed by atoms with Gasteiger partial charge in [0.15, 0.2) is 5.58 Å². The zero-order chi connectivity index (χ0) is 19.8. The molecule has 1 amide bonds. The molecule has 0 spiro atoms. The molecule has 2 heterocycles. The van der Waals surface area contributed by atoms with Crippen molar-refractivity contribution in [3.63, 3.8) is 0 Å². The highest BCUT2D eigenvalue weighted by Crippen LogP contribution is 2.25. The average Bonchev–Trinajstić information content (AvgIpc) is 3.15. The number of carbonyl (C=O) groups is 1. The minimum atomic E-state index is -0.475. The molecule has 142 valence electrons. The predicted octanol–water partition coefficient (Wildman–Crippen LogP) is 3.42. The molecule has 0 aliphatic carbocycles. The topological polar surface area (TPSA) is 90.3 Å². The number of amides is 1. The van der Waals surface area contributed by atoms with Crippen LogP contribution in [0.2, 0.25) is 0 Å². The molecule has 0 fully saturated rings. The first kappa shape index (κ1) is 17.7. The number of nitrogens with zero attached hydrogens (tertiary/aromatic N) is 2. The van der Waals surface area contributed by atoms with Crippen molar-refractivity contribution in [3.8, 4) is 11.5 Å². The lowest BCUT2D eigenvalue weighted by Gasteiger charge is -2.04. The fourth-order valence-corrected chi connectivity index (χ4v) is 2.91. The fourth-order valence-electron chi connectivity index (χ4n) is 2.91. The molecule has 0 unspecified atom stereocenters. The number of carbonyl (C=O) groups excluding carboxylic acids is 1. The molecule has 1 N–H and O–H groups in total. The van der Waals surface area contributed by atoms with Gasteiger partial charge < -0.3 is 14.2 Å². The number of hydrogen-bond donors (Lipinski definition) is 1. The van der Waals surface area contributed by atoms with Crippen LogP contribution in [0.15, 0.2) is 56.1 Å². The van der Waals surface area contributed by atoms with Gasteiger partial charge in [-0.25, -0.2) is 14.2 Å². The van der Waals surface area contributed by atoms with Crippen molar-refractivity contribution in [2.24, 2.45) is 7.05 Å². The third kappa shape index (κ3) is 3.20. The number of fused-ring (bicyclic) bond motifs is 1. The molecule has 0 aliphatic heterocycles. The Kier molecular flexibility index (Phi) is 4.31. The molecule has 0 saturated carbocycles. The van der Waals surface area contributed by atoms with E-state index in [0.29, 0.717) is 28.2 Å². The molecule has 2 aromatic carbocycles. The minimum absolute atomic E-state index is 0.0411. The lowest BCUT2D eigenvalue weighted by molar-refractivity contribution is -0.115. The lowest BCUT2D eigenvalue weighted by atomic mass is 10.2. The van der Waals surface area contributed by atoms with Gasteiger partial charge in [0.25, 0.3) is 0 Å². The first-order valence-corrected chi connectivity index (χ1v) is 8.53. The van der Waals surface area contributed by atoms with Crippen molar-refractivity contribution in [3.05, 3.63) is 70.3 Å². The zero-order valence-electron chi connectivity index (χ0n) is 15.2. The molecular formula is C20H16FN3O4. The van der Waals surface area contributed by atoms with Crippen LogP contribution in [0, 0.1) is 12.7 Å². The third-order valence-electron chi connectivity index (χ3n) is 4.40. The SMILES string of the molecule is Cc1oc(-c2ccccc2F)nc1CC(=O)Nc1ccc2c(c1)oc(=O)n2C. The summed E-state index contributed by atoms with van der Waals surface area (Å²) < 4.78 is 25.9. The van der Waals surface area contributed by atoms with Crippen LogP contribution >= 0.6 is 0 Å². The number of aromatic nitrogens is 2. The Hall–Kier alpha value is -3.68. The maximum atomic E-state index is 13.9. The maximum Gasteiger partial charge on any atom is 0.419 e. The Morgan fingerprint density at radius 1 is 1.21 bits per heavy atom. The van der Waals surface area contributed by atoms with Crippen molar-refractivity contribution in [2.75, 3.05) is 5.32 Å². The molecule has 28 heavy (non-hydrogen) atoms. The summed E-state index contributed by atoms with van der Waals surface area (Å²) in [5, 5.41) is 2.73. The van der Waals surface area contributed by atoms with Gasteiger partial charge in [-0.05, 0) is 31.2 Å². The number of hydrogen-bond acceptors (Lipinski definition) is 5. The van der Waals surface area contributed by atoms with Crippen LogP contribution < -0.4 is 11.1 Å². The first-order valence-electron chi connectivity index (χ1n) is 8.53. The number of halogens is 1. The maximum absolute atomic E-state index is 13.9. The van der Waals surface area contributed by atoms with E-state index in [1.807, 2.05) is 0 Å². The van der Waals surface area contributed by atoms with Crippen LogP contribution in [-0.4, -0.2) is 15.5 Å². The predicted molar refractivity (Wildman–Crippen MR) is 100 cm³/mol. The molecule has 0 saturated heterocycles. The third-order valence-corrected chi connectivity index (χ3v) is 4.40. The number of anilines is 1. The van der Waals surface area contributed by atoms with Crippen molar-refractivity contribution >= 4 is 22.7 Å². The highest BCUT2D eigenvalue weighted by molar-refractivity contribution is 5.94. The van der Waals surface area contributed by atoms with Crippen molar-refractivity contribution < 1.29 is 18.0 Å². The zero-order valence-corrected chi connectivity index (χ0v) is 15.2. The largest absolute Gasteiger partial charge is 0.441 e. The molecule has 4 aromatic rings. The van der Waals surface area contributed by atoms with Crippen molar-refractivity contribution in [1.82, 2.24) is 9.55 Å². The van der Waals surface area contributed by atoms with E-state index in [4.69, 9.17) is 8.83 Å². The van der Waals surface area contributed by atoms with Gasteiger partial charge in [0.1, 0.15) is 11.6 Å². The summed E-state index contributed by atoms with van der Waals surface area (Å²) in [6, 6.07) is 11.1. The number of oxazole rings is 2. The quantitative estimate of drug-likeness (QED) is 0.585. The Morgan fingerprint density at radius 3 is 2.79 bits per heavy atom.